The molecule has 0 aliphatic carbocycles. The van der Waals surface area contributed by atoms with Crippen molar-refractivity contribution in [2.45, 2.75) is 13.3 Å². The van der Waals surface area contributed by atoms with Crippen LogP contribution in [0.2, 0.25) is 5.02 Å². The first kappa shape index (κ1) is 15.8. The monoisotopic (exact) mass is 325 g/mol. The number of nitrogens with two attached hydrogens (primary N) is 1. The summed E-state index contributed by atoms with van der Waals surface area (Å²) in [5.41, 5.74) is 7.03. The molecule has 0 saturated carbocycles. The van der Waals surface area contributed by atoms with Crippen LogP contribution in [0.4, 0.5) is 5.13 Å². The van der Waals surface area contributed by atoms with E-state index in [0.29, 0.717) is 22.4 Å². The summed E-state index contributed by atoms with van der Waals surface area (Å²) in [7, 11) is 1.57. The van der Waals surface area contributed by atoms with E-state index in [2.05, 4.69) is 10.3 Å². The standard InChI is InChI=1S/C14H16ClN3O2S/c1-8-13(9-3-4-11(20-2)10(15)7-9)18-14(21-8)17-12(19)5-6-16/h3-4,7H,5-6,16H2,1-2H3,(H,17,18,19). The van der Waals surface area contributed by atoms with Gasteiger partial charge < -0.3 is 15.8 Å². The van der Waals surface area contributed by atoms with E-state index in [9.17, 15) is 4.79 Å². The minimum atomic E-state index is -0.134. The van der Waals surface area contributed by atoms with Crippen molar-refractivity contribution in [1.82, 2.24) is 4.98 Å². The second-order valence-electron chi connectivity index (χ2n) is 4.36. The minimum Gasteiger partial charge on any atom is -0.495 e. The van der Waals surface area contributed by atoms with Crippen LogP contribution in [0.25, 0.3) is 11.3 Å². The van der Waals surface area contributed by atoms with Gasteiger partial charge in [-0.05, 0) is 25.1 Å². The summed E-state index contributed by atoms with van der Waals surface area (Å²) in [5.74, 6) is 0.482. The van der Waals surface area contributed by atoms with Gasteiger partial charge in [0.05, 0.1) is 17.8 Å². The van der Waals surface area contributed by atoms with Gasteiger partial charge in [0.1, 0.15) is 5.75 Å². The van der Waals surface area contributed by atoms with Gasteiger partial charge >= 0.3 is 0 Å². The number of carbonyl (C=O) groups is 1. The molecule has 0 radical (unpaired) electrons. The predicted octanol–water partition coefficient (Wildman–Crippen LogP) is 3.07. The molecule has 7 heteroatoms. The average Bonchev–Trinajstić information content (AvgIpc) is 2.79. The Morgan fingerprint density at radius 3 is 2.90 bits per heavy atom. The van der Waals surface area contributed by atoms with Crippen LogP contribution in [0, 0.1) is 6.92 Å². The summed E-state index contributed by atoms with van der Waals surface area (Å²) in [5, 5.41) is 3.83. The minimum absolute atomic E-state index is 0.134. The Kier molecular flexibility index (Phi) is 5.17. The number of carbonyl (C=O) groups excluding carboxylic acids is 1. The second-order valence-corrected chi connectivity index (χ2v) is 5.97. The highest BCUT2D eigenvalue weighted by Gasteiger charge is 2.13. The number of ether oxygens (including phenoxy) is 1. The van der Waals surface area contributed by atoms with Gasteiger partial charge in [0.25, 0.3) is 0 Å². The van der Waals surface area contributed by atoms with Crippen molar-refractivity contribution < 1.29 is 9.53 Å². The van der Waals surface area contributed by atoms with E-state index >= 15 is 0 Å². The Morgan fingerprint density at radius 1 is 1.52 bits per heavy atom. The van der Waals surface area contributed by atoms with Gasteiger partial charge in [0, 0.05) is 23.4 Å². The predicted molar refractivity (Wildman–Crippen MR) is 86.2 cm³/mol. The quantitative estimate of drug-likeness (QED) is 0.885. The van der Waals surface area contributed by atoms with Gasteiger partial charge in [0.2, 0.25) is 5.91 Å². The van der Waals surface area contributed by atoms with Crippen molar-refractivity contribution in [3.63, 3.8) is 0 Å². The van der Waals surface area contributed by atoms with Crippen molar-refractivity contribution in [2.24, 2.45) is 5.73 Å². The van der Waals surface area contributed by atoms with Crippen molar-refractivity contribution in [3.8, 4) is 17.0 Å². The summed E-state index contributed by atoms with van der Waals surface area (Å²) in [4.78, 5) is 17.0. The Balaban J connectivity index is 2.26. The molecule has 0 spiro atoms. The van der Waals surface area contributed by atoms with Crippen LogP contribution in [-0.2, 0) is 4.79 Å². The van der Waals surface area contributed by atoms with Crippen LogP contribution in [0.15, 0.2) is 18.2 Å². The lowest BCUT2D eigenvalue weighted by Crippen LogP contribution is -2.15. The summed E-state index contributed by atoms with van der Waals surface area (Å²) in [6.45, 7) is 2.26. The topological polar surface area (TPSA) is 77.2 Å². The first-order valence-corrected chi connectivity index (χ1v) is 7.56. The van der Waals surface area contributed by atoms with E-state index in [4.69, 9.17) is 22.1 Å². The molecule has 1 aromatic heterocycles. The number of hydrogen-bond acceptors (Lipinski definition) is 5. The number of anilines is 1. The van der Waals surface area contributed by atoms with Crippen LogP contribution >= 0.6 is 22.9 Å². The molecule has 1 heterocycles. The molecule has 112 valence electrons. The molecule has 0 unspecified atom stereocenters. The van der Waals surface area contributed by atoms with Crippen molar-refractivity contribution in [1.29, 1.82) is 0 Å². The molecule has 3 N–H and O–H groups in total. The van der Waals surface area contributed by atoms with Crippen molar-refractivity contribution in [3.05, 3.63) is 28.1 Å². The number of hydrogen-bond donors (Lipinski definition) is 2. The van der Waals surface area contributed by atoms with Crippen LogP contribution in [0.5, 0.6) is 5.75 Å². The number of nitrogens with zero attached hydrogens (tertiary/aromatic N) is 1. The fraction of sp³-hybridized carbons (Fsp3) is 0.286. The van der Waals surface area contributed by atoms with Crippen molar-refractivity contribution in [2.75, 3.05) is 19.0 Å². The lowest BCUT2D eigenvalue weighted by molar-refractivity contribution is -0.116. The highest BCUT2D eigenvalue weighted by Crippen LogP contribution is 2.34. The molecule has 0 saturated heterocycles. The Bertz CT molecular complexity index is 658. The Morgan fingerprint density at radius 2 is 2.29 bits per heavy atom. The zero-order valence-electron chi connectivity index (χ0n) is 11.8. The molecule has 0 aliphatic heterocycles. The van der Waals surface area contributed by atoms with E-state index in [-0.39, 0.29) is 12.3 Å². The lowest BCUT2D eigenvalue weighted by atomic mass is 10.1. The highest BCUT2D eigenvalue weighted by molar-refractivity contribution is 7.16. The average molecular weight is 326 g/mol. The molecule has 0 bridgehead atoms. The highest BCUT2D eigenvalue weighted by atomic mass is 35.5. The van der Waals surface area contributed by atoms with E-state index in [1.54, 1.807) is 19.2 Å². The molecule has 2 aromatic rings. The third kappa shape index (κ3) is 3.72. The van der Waals surface area contributed by atoms with Gasteiger partial charge in [0.15, 0.2) is 5.13 Å². The van der Waals surface area contributed by atoms with E-state index in [0.717, 1.165) is 16.1 Å². The lowest BCUT2D eigenvalue weighted by Gasteiger charge is -2.05. The number of aromatic nitrogens is 1. The number of nitrogens with one attached hydrogen (secondary N) is 1. The van der Waals surface area contributed by atoms with Crippen molar-refractivity contribution >= 4 is 34.0 Å². The van der Waals surface area contributed by atoms with Gasteiger partial charge in [-0.1, -0.05) is 11.6 Å². The molecule has 0 aliphatic rings. The van der Waals surface area contributed by atoms with Crippen LogP contribution in [-0.4, -0.2) is 24.5 Å². The fourth-order valence-corrected chi connectivity index (χ4v) is 2.95. The molecule has 5 nitrogen and oxygen atoms in total. The Hall–Kier alpha value is -1.63. The first-order chi connectivity index (χ1) is 10.0. The summed E-state index contributed by atoms with van der Waals surface area (Å²) in [6, 6.07) is 5.48. The van der Waals surface area contributed by atoms with Gasteiger partial charge in [-0.15, -0.1) is 11.3 Å². The number of thiazole rings is 1. The number of amides is 1. The maximum Gasteiger partial charge on any atom is 0.227 e. The van der Waals surface area contributed by atoms with Crippen LogP contribution in [0.3, 0.4) is 0 Å². The van der Waals surface area contributed by atoms with E-state index in [1.165, 1.54) is 11.3 Å². The van der Waals surface area contributed by atoms with E-state index in [1.807, 2.05) is 13.0 Å². The van der Waals surface area contributed by atoms with Crippen LogP contribution < -0.4 is 15.8 Å². The number of aryl methyl sites for hydroxylation is 1. The summed E-state index contributed by atoms with van der Waals surface area (Å²) >= 11 is 7.55. The first-order valence-electron chi connectivity index (χ1n) is 6.36. The molecule has 0 fully saturated rings. The molecule has 1 aromatic carbocycles. The SMILES string of the molecule is COc1ccc(-c2nc(NC(=O)CCN)sc2C)cc1Cl. The van der Waals surface area contributed by atoms with Gasteiger partial charge in [-0.2, -0.15) is 0 Å². The number of methoxy groups -OCH3 is 1. The molecular weight excluding hydrogens is 310 g/mol. The molecule has 21 heavy (non-hydrogen) atoms. The maximum absolute atomic E-state index is 11.5. The second kappa shape index (κ2) is 6.89. The zero-order chi connectivity index (χ0) is 15.4. The number of halogens is 1. The fourth-order valence-electron chi connectivity index (χ4n) is 1.84. The smallest absolute Gasteiger partial charge is 0.227 e. The normalized spacial score (nSPS) is 10.5. The molecule has 0 atom stereocenters. The number of rotatable bonds is 5. The van der Waals surface area contributed by atoms with Gasteiger partial charge in [-0.25, -0.2) is 4.98 Å². The van der Waals surface area contributed by atoms with E-state index < -0.39 is 0 Å². The maximum atomic E-state index is 11.5. The summed E-state index contributed by atoms with van der Waals surface area (Å²) in [6.07, 6.45) is 0.280. The largest absolute Gasteiger partial charge is 0.495 e. The molecule has 1 amide bonds. The molecule has 2 rings (SSSR count). The summed E-state index contributed by atoms with van der Waals surface area (Å²) < 4.78 is 5.13. The molecular formula is C14H16ClN3O2S. The Labute approximate surface area is 132 Å². The number of benzene rings is 1. The van der Waals surface area contributed by atoms with Crippen LogP contribution in [0.1, 0.15) is 11.3 Å². The third-order valence-corrected chi connectivity index (χ3v) is 4.02. The van der Waals surface area contributed by atoms with Gasteiger partial charge in [-0.3, -0.25) is 4.79 Å². The zero-order valence-corrected chi connectivity index (χ0v) is 13.3. The third-order valence-electron chi connectivity index (χ3n) is 2.84.